The molecule has 0 aliphatic heterocycles. The maximum atomic E-state index is 9.88. The molecule has 0 aliphatic rings. The van der Waals surface area contributed by atoms with Gasteiger partial charge in [-0.25, -0.2) is 29.3 Å². The van der Waals surface area contributed by atoms with Gasteiger partial charge in [0.1, 0.15) is 46.8 Å². The fourth-order valence-corrected chi connectivity index (χ4v) is 4.10. The number of nitrogens with zero attached hydrogens (tertiary/aromatic N) is 8. The van der Waals surface area contributed by atoms with Crippen LogP contribution in [0, 0.1) is 27.7 Å². The molecular formula is C26H24N8O2. The number of hydrogen-bond acceptors (Lipinski definition) is 8. The second-order valence-electron chi connectivity index (χ2n) is 8.35. The standard InChI is InChI=1S/2C13H12N4O/c2*1-8-6-11(17-9(2)14-7-15-17)10-4-3-5-12(18)13(10)16-8/h2*3-7,18H,1-2H3. The quantitative estimate of drug-likeness (QED) is 0.376. The molecule has 6 aromatic rings. The van der Waals surface area contributed by atoms with Crippen LogP contribution in [0.4, 0.5) is 0 Å². The van der Waals surface area contributed by atoms with Crippen molar-refractivity contribution in [2.75, 3.05) is 0 Å². The van der Waals surface area contributed by atoms with Gasteiger partial charge in [0.15, 0.2) is 0 Å². The molecular weight excluding hydrogens is 456 g/mol. The van der Waals surface area contributed by atoms with Gasteiger partial charge in [-0.1, -0.05) is 24.3 Å². The third-order valence-electron chi connectivity index (χ3n) is 5.74. The van der Waals surface area contributed by atoms with E-state index in [0.29, 0.717) is 11.0 Å². The Morgan fingerprint density at radius 1 is 0.611 bits per heavy atom. The van der Waals surface area contributed by atoms with Crippen LogP contribution in [0.2, 0.25) is 0 Å². The predicted octanol–water partition coefficient (Wildman–Crippen LogP) is 4.28. The molecule has 0 spiro atoms. The van der Waals surface area contributed by atoms with E-state index in [1.54, 1.807) is 33.6 Å². The zero-order valence-corrected chi connectivity index (χ0v) is 20.2. The average molecular weight is 481 g/mol. The Balaban J connectivity index is 0.000000148. The monoisotopic (exact) mass is 480 g/mol. The number of benzene rings is 2. The van der Waals surface area contributed by atoms with Crippen LogP contribution in [0.25, 0.3) is 33.2 Å². The van der Waals surface area contributed by atoms with Crippen LogP contribution >= 0.6 is 0 Å². The average Bonchev–Trinajstić information content (AvgIpc) is 3.47. The topological polar surface area (TPSA) is 128 Å². The van der Waals surface area contributed by atoms with Gasteiger partial charge in [0.25, 0.3) is 0 Å². The normalized spacial score (nSPS) is 11.0. The number of phenolic OH excluding ortho intramolecular Hbond substituents is 2. The van der Waals surface area contributed by atoms with E-state index in [2.05, 4.69) is 30.1 Å². The molecule has 0 aliphatic carbocycles. The van der Waals surface area contributed by atoms with Crippen LogP contribution in [-0.4, -0.2) is 49.7 Å². The molecule has 2 N–H and O–H groups in total. The second kappa shape index (κ2) is 9.06. The highest BCUT2D eigenvalue weighted by molar-refractivity contribution is 5.92. The van der Waals surface area contributed by atoms with Crippen LogP contribution < -0.4 is 0 Å². The molecule has 0 saturated heterocycles. The molecule has 36 heavy (non-hydrogen) atoms. The lowest BCUT2D eigenvalue weighted by Gasteiger charge is -2.09. The molecule has 180 valence electrons. The van der Waals surface area contributed by atoms with Crippen molar-refractivity contribution in [3.05, 3.63) is 84.2 Å². The first kappa shape index (κ1) is 22.9. The van der Waals surface area contributed by atoms with Gasteiger partial charge in [-0.05, 0) is 52.0 Å². The molecule has 0 unspecified atom stereocenters. The van der Waals surface area contributed by atoms with Gasteiger partial charge in [-0.3, -0.25) is 0 Å². The lowest BCUT2D eigenvalue weighted by Crippen LogP contribution is -2.02. The number of aromatic nitrogens is 8. The van der Waals surface area contributed by atoms with Crippen molar-refractivity contribution in [3.63, 3.8) is 0 Å². The second-order valence-corrected chi connectivity index (χ2v) is 8.35. The number of phenols is 2. The lowest BCUT2D eigenvalue weighted by atomic mass is 10.1. The van der Waals surface area contributed by atoms with E-state index >= 15 is 0 Å². The smallest absolute Gasteiger partial charge is 0.141 e. The Bertz CT molecular complexity index is 1590. The first-order valence-electron chi connectivity index (χ1n) is 11.3. The van der Waals surface area contributed by atoms with Crippen molar-refractivity contribution in [1.82, 2.24) is 39.5 Å². The number of fused-ring (bicyclic) bond motifs is 2. The van der Waals surface area contributed by atoms with E-state index in [1.165, 1.54) is 12.7 Å². The summed E-state index contributed by atoms with van der Waals surface area (Å²) in [5.74, 6) is 1.95. The van der Waals surface area contributed by atoms with Crippen molar-refractivity contribution in [1.29, 1.82) is 0 Å². The minimum Gasteiger partial charge on any atom is -0.506 e. The Morgan fingerprint density at radius 3 is 1.39 bits per heavy atom. The number of hydrogen-bond donors (Lipinski definition) is 2. The van der Waals surface area contributed by atoms with Crippen LogP contribution in [0.5, 0.6) is 11.5 Å². The Labute approximate surface area is 206 Å². The maximum absolute atomic E-state index is 9.88. The van der Waals surface area contributed by atoms with Gasteiger partial charge in [-0.15, -0.1) is 0 Å². The van der Waals surface area contributed by atoms with E-state index in [0.717, 1.165) is 45.2 Å². The predicted molar refractivity (Wildman–Crippen MR) is 136 cm³/mol. The van der Waals surface area contributed by atoms with Crippen LogP contribution in [0.3, 0.4) is 0 Å². The number of para-hydroxylation sites is 2. The van der Waals surface area contributed by atoms with Gasteiger partial charge in [0.2, 0.25) is 0 Å². The van der Waals surface area contributed by atoms with Gasteiger partial charge in [0.05, 0.1) is 11.4 Å². The SMILES string of the molecule is Cc1cc(-n2ncnc2C)c2cccc(O)c2n1.Cc1cc(-n2ncnc2C)c2cccc(O)c2n1. The number of pyridine rings is 2. The fraction of sp³-hybridized carbons (Fsp3) is 0.154. The molecule has 0 radical (unpaired) electrons. The molecule has 10 heteroatoms. The summed E-state index contributed by atoms with van der Waals surface area (Å²) in [7, 11) is 0. The fourth-order valence-electron chi connectivity index (χ4n) is 4.10. The summed E-state index contributed by atoms with van der Waals surface area (Å²) in [6.07, 6.45) is 3.03. The number of rotatable bonds is 2. The molecule has 4 heterocycles. The van der Waals surface area contributed by atoms with E-state index < -0.39 is 0 Å². The van der Waals surface area contributed by atoms with E-state index in [4.69, 9.17) is 0 Å². The zero-order valence-electron chi connectivity index (χ0n) is 20.2. The van der Waals surface area contributed by atoms with Crippen molar-refractivity contribution in [3.8, 4) is 22.9 Å². The third kappa shape index (κ3) is 4.09. The lowest BCUT2D eigenvalue weighted by molar-refractivity contribution is 0.479. The molecule has 6 rings (SSSR count). The maximum Gasteiger partial charge on any atom is 0.141 e. The first-order valence-corrected chi connectivity index (χ1v) is 11.3. The molecule has 10 nitrogen and oxygen atoms in total. The highest BCUT2D eigenvalue weighted by Crippen LogP contribution is 2.29. The van der Waals surface area contributed by atoms with Crippen LogP contribution in [0.1, 0.15) is 23.0 Å². The third-order valence-corrected chi connectivity index (χ3v) is 5.74. The van der Waals surface area contributed by atoms with Gasteiger partial charge in [-0.2, -0.15) is 10.2 Å². The summed E-state index contributed by atoms with van der Waals surface area (Å²) >= 11 is 0. The first-order chi connectivity index (χ1) is 17.3. The summed E-state index contributed by atoms with van der Waals surface area (Å²) in [6.45, 7) is 7.55. The number of aryl methyl sites for hydroxylation is 4. The summed E-state index contributed by atoms with van der Waals surface area (Å²) in [5, 5.41) is 29.9. The molecule has 2 aromatic carbocycles. The highest BCUT2D eigenvalue weighted by atomic mass is 16.3. The van der Waals surface area contributed by atoms with Crippen molar-refractivity contribution < 1.29 is 10.2 Å². The van der Waals surface area contributed by atoms with E-state index in [-0.39, 0.29) is 11.5 Å². The molecule has 4 aromatic heterocycles. The van der Waals surface area contributed by atoms with Crippen molar-refractivity contribution >= 4 is 21.8 Å². The van der Waals surface area contributed by atoms with E-state index in [1.807, 2.05) is 52.0 Å². The van der Waals surface area contributed by atoms with Crippen molar-refractivity contribution in [2.24, 2.45) is 0 Å². The van der Waals surface area contributed by atoms with E-state index in [9.17, 15) is 10.2 Å². The molecule has 0 fully saturated rings. The highest BCUT2D eigenvalue weighted by Gasteiger charge is 2.12. The molecule has 0 atom stereocenters. The van der Waals surface area contributed by atoms with Crippen LogP contribution in [-0.2, 0) is 0 Å². The molecule has 0 saturated carbocycles. The minimum atomic E-state index is 0.176. The largest absolute Gasteiger partial charge is 0.506 e. The molecule has 0 bridgehead atoms. The van der Waals surface area contributed by atoms with Gasteiger partial charge >= 0.3 is 0 Å². The summed E-state index contributed by atoms with van der Waals surface area (Å²) in [5.41, 5.74) is 4.58. The summed E-state index contributed by atoms with van der Waals surface area (Å²) < 4.78 is 3.49. The summed E-state index contributed by atoms with van der Waals surface area (Å²) in [4.78, 5) is 17.0. The van der Waals surface area contributed by atoms with Crippen molar-refractivity contribution in [2.45, 2.75) is 27.7 Å². The molecule has 0 amide bonds. The Kier molecular flexibility index (Phi) is 5.77. The van der Waals surface area contributed by atoms with Crippen LogP contribution in [0.15, 0.2) is 61.2 Å². The Morgan fingerprint density at radius 2 is 1.03 bits per heavy atom. The van der Waals surface area contributed by atoms with Gasteiger partial charge < -0.3 is 10.2 Å². The summed E-state index contributed by atoms with van der Waals surface area (Å²) in [6, 6.07) is 14.6. The van der Waals surface area contributed by atoms with Gasteiger partial charge in [0, 0.05) is 22.2 Å². The zero-order chi connectivity index (χ0) is 25.4. The minimum absolute atomic E-state index is 0.176. The Hall–Kier alpha value is -4.86. The number of aromatic hydroxyl groups is 2.